The van der Waals surface area contributed by atoms with Crippen LogP contribution in [0.25, 0.3) is 5.57 Å². The van der Waals surface area contributed by atoms with Crippen LogP contribution in [-0.4, -0.2) is 22.9 Å². The molecule has 2 heterocycles. The number of nitrogens with zero attached hydrogens (tertiary/aromatic N) is 2. The summed E-state index contributed by atoms with van der Waals surface area (Å²) in [5, 5.41) is 8.14. The Balaban J connectivity index is 2.56. The quantitative estimate of drug-likeness (QED) is 0.868. The molecule has 94 valence electrons. The molecular formula is C14H23N3. The van der Waals surface area contributed by atoms with Gasteiger partial charge in [-0.2, -0.15) is 5.10 Å². The second-order valence-corrected chi connectivity index (χ2v) is 4.78. The molecule has 0 amide bonds. The van der Waals surface area contributed by atoms with E-state index < -0.39 is 0 Å². The average molecular weight is 233 g/mol. The summed E-state index contributed by atoms with van der Waals surface area (Å²) in [6, 6.07) is 0. The predicted octanol–water partition coefficient (Wildman–Crippen LogP) is 2.31. The minimum atomic E-state index is 0.998. The molecule has 1 N–H and O–H groups in total. The average Bonchev–Trinajstić information content (AvgIpc) is 2.66. The van der Waals surface area contributed by atoms with E-state index in [0.29, 0.717) is 0 Å². The molecule has 3 heteroatoms. The molecule has 0 saturated heterocycles. The molecule has 3 nitrogen and oxygen atoms in total. The number of rotatable bonds is 3. The highest BCUT2D eigenvalue weighted by molar-refractivity contribution is 5.74. The van der Waals surface area contributed by atoms with E-state index in [4.69, 9.17) is 0 Å². The van der Waals surface area contributed by atoms with E-state index >= 15 is 0 Å². The third-order valence-electron chi connectivity index (χ3n) is 3.70. The highest BCUT2D eigenvalue weighted by atomic mass is 15.3. The van der Waals surface area contributed by atoms with Crippen molar-refractivity contribution in [1.82, 2.24) is 15.1 Å². The molecule has 1 aliphatic heterocycles. The summed E-state index contributed by atoms with van der Waals surface area (Å²) < 4.78 is 2.06. The van der Waals surface area contributed by atoms with Crippen molar-refractivity contribution in [1.29, 1.82) is 0 Å². The summed E-state index contributed by atoms with van der Waals surface area (Å²) >= 11 is 0. The zero-order valence-electron chi connectivity index (χ0n) is 11.4. The Labute approximate surface area is 104 Å². The van der Waals surface area contributed by atoms with Crippen LogP contribution >= 0.6 is 0 Å². The van der Waals surface area contributed by atoms with E-state index in [1.807, 2.05) is 0 Å². The van der Waals surface area contributed by atoms with Crippen LogP contribution < -0.4 is 5.32 Å². The monoisotopic (exact) mass is 233 g/mol. The predicted molar refractivity (Wildman–Crippen MR) is 72.0 cm³/mol. The maximum atomic E-state index is 4.66. The van der Waals surface area contributed by atoms with Crippen LogP contribution in [0.4, 0.5) is 0 Å². The molecule has 0 atom stereocenters. The van der Waals surface area contributed by atoms with E-state index in [9.17, 15) is 0 Å². The van der Waals surface area contributed by atoms with Crippen LogP contribution in [0.1, 0.15) is 44.1 Å². The van der Waals surface area contributed by atoms with Gasteiger partial charge in [-0.25, -0.2) is 0 Å². The van der Waals surface area contributed by atoms with Crippen LogP contribution in [0.2, 0.25) is 0 Å². The minimum Gasteiger partial charge on any atom is -0.312 e. The fourth-order valence-electron chi connectivity index (χ4n) is 2.71. The first-order chi connectivity index (χ1) is 8.19. The standard InChI is InChI=1S/C14H23N3/c1-5-12-14(13(6-2)17(4)16-12)11-9-15-8-7-10(11)3/h15H,5-9H2,1-4H3. The highest BCUT2D eigenvalue weighted by Gasteiger charge is 2.20. The van der Waals surface area contributed by atoms with Gasteiger partial charge in [0.05, 0.1) is 5.69 Å². The lowest BCUT2D eigenvalue weighted by atomic mass is 9.93. The van der Waals surface area contributed by atoms with Gasteiger partial charge in [-0.3, -0.25) is 4.68 Å². The van der Waals surface area contributed by atoms with Crippen molar-refractivity contribution in [2.75, 3.05) is 13.1 Å². The lowest BCUT2D eigenvalue weighted by Gasteiger charge is -2.20. The fraction of sp³-hybridized carbons (Fsp3) is 0.643. The Morgan fingerprint density at radius 1 is 1.29 bits per heavy atom. The van der Waals surface area contributed by atoms with Gasteiger partial charge in [0.2, 0.25) is 0 Å². The first kappa shape index (κ1) is 12.4. The zero-order chi connectivity index (χ0) is 12.4. The number of aryl methyl sites for hydroxylation is 2. The Morgan fingerprint density at radius 2 is 2.06 bits per heavy atom. The molecular weight excluding hydrogens is 210 g/mol. The Bertz CT molecular complexity index is 441. The molecule has 0 spiro atoms. The summed E-state index contributed by atoms with van der Waals surface area (Å²) in [6.45, 7) is 8.78. The van der Waals surface area contributed by atoms with Crippen molar-refractivity contribution in [2.45, 2.75) is 40.0 Å². The maximum Gasteiger partial charge on any atom is 0.0700 e. The van der Waals surface area contributed by atoms with Crippen LogP contribution in [-0.2, 0) is 19.9 Å². The number of hydrogen-bond acceptors (Lipinski definition) is 2. The van der Waals surface area contributed by atoms with Gasteiger partial charge in [-0.1, -0.05) is 19.4 Å². The zero-order valence-corrected chi connectivity index (χ0v) is 11.4. The molecule has 2 rings (SSSR count). The van der Waals surface area contributed by atoms with E-state index in [0.717, 1.165) is 32.4 Å². The second-order valence-electron chi connectivity index (χ2n) is 4.78. The summed E-state index contributed by atoms with van der Waals surface area (Å²) in [5.41, 5.74) is 7.06. The van der Waals surface area contributed by atoms with Gasteiger partial charge in [0.15, 0.2) is 0 Å². The molecule has 0 saturated carbocycles. The summed E-state index contributed by atoms with van der Waals surface area (Å²) in [5.74, 6) is 0. The van der Waals surface area contributed by atoms with Crippen molar-refractivity contribution < 1.29 is 0 Å². The van der Waals surface area contributed by atoms with E-state index in [1.54, 1.807) is 0 Å². The third kappa shape index (κ3) is 2.16. The third-order valence-corrected chi connectivity index (χ3v) is 3.70. The molecule has 0 unspecified atom stereocenters. The molecule has 1 aromatic rings. The van der Waals surface area contributed by atoms with Crippen LogP contribution in [0.5, 0.6) is 0 Å². The van der Waals surface area contributed by atoms with Crippen molar-refractivity contribution in [3.05, 3.63) is 22.5 Å². The first-order valence-electron chi connectivity index (χ1n) is 6.63. The van der Waals surface area contributed by atoms with Gasteiger partial charge >= 0.3 is 0 Å². The molecule has 1 aliphatic rings. The van der Waals surface area contributed by atoms with Crippen LogP contribution in [0, 0.1) is 0 Å². The van der Waals surface area contributed by atoms with Crippen molar-refractivity contribution in [3.8, 4) is 0 Å². The normalized spacial score (nSPS) is 16.7. The number of hydrogen-bond donors (Lipinski definition) is 1. The van der Waals surface area contributed by atoms with E-state index in [1.165, 1.54) is 28.1 Å². The molecule has 17 heavy (non-hydrogen) atoms. The molecule has 0 aromatic carbocycles. The Morgan fingerprint density at radius 3 is 2.65 bits per heavy atom. The van der Waals surface area contributed by atoms with Crippen molar-refractivity contribution in [2.24, 2.45) is 7.05 Å². The highest BCUT2D eigenvalue weighted by Crippen LogP contribution is 2.29. The Hall–Kier alpha value is -1.09. The van der Waals surface area contributed by atoms with Crippen LogP contribution in [0.3, 0.4) is 0 Å². The van der Waals surface area contributed by atoms with E-state index in [-0.39, 0.29) is 0 Å². The van der Waals surface area contributed by atoms with Gasteiger partial charge < -0.3 is 5.32 Å². The molecule has 0 aliphatic carbocycles. The van der Waals surface area contributed by atoms with E-state index in [2.05, 4.69) is 42.9 Å². The summed E-state index contributed by atoms with van der Waals surface area (Å²) in [7, 11) is 2.06. The fourth-order valence-corrected chi connectivity index (χ4v) is 2.71. The lowest BCUT2D eigenvalue weighted by molar-refractivity contribution is 0.702. The molecule has 0 radical (unpaired) electrons. The second kappa shape index (κ2) is 5.05. The number of nitrogens with one attached hydrogen (secondary N) is 1. The van der Waals surface area contributed by atoms with Gasteiger partial charge in [-0.15, -0.1) is 0 Å². The lowest BCUT2D eigenvalue weighted by Crippen LogP contribution is -2.24. The maximum absolute atomic E-state index is 4.66. The van der Waals surface area contributed by atoms with Crippen molar-refractivity contribution in [3.63, 3.8) is 0 Å². The van der Waals surface area contributed by atoms with Gasteiger partial charge in [0, 0.05) is 24.8 Å². The molecule has 1 aromatic heterocycles. The largest absolute Gasteiger partial charge is 0.312 e. The number of aromatic nitrogens is 2. The Kier molecular flexibility index (Phi) is 3.67. The molecule has 0 fully saturated rings. The summed E-state index contributed by atoms with van der Waals surface area (Å²) in [6.07, 6.45) is 3.23. The van der Waals surface area contributed by atoms with Gasteiger partial charge in [0.25, 0.3) is 0 Å². The topological polar surface area (TPSA) is 29.9 Å². The molecule has 0 bridgehead atoms. The smallest absolute Gasteiger partial charge is 0.0700 e. The SMILES string of the molecule is CCc1nn(C)c(CC)c1C1=C(C)CCNC1. The van der Waals surface area contributed by atoms with Gasteiger partial charge in [0.1, 0.15) is 0 Å². The van der Waals surface area contributed by atoms with Gasteiger partial charge in [-0.05, 0) is 38.3 Å². The van der Waals surface area contributed by atoms with Crippen LogP contribution in [0.15, 0.2) is 5.57 Å². The minimum absolute atomic E-state index is 0.998. The van der Waals surface area contributed by atoms with Crippen molar-refractivity contribution >= 4 is 5.57 Å². The summed E-state index contributed by atoms with van der Waals surface area (Å²) in [4.78, 5) is 0. The first-order valence-corrected chi connectivity index (χ1v) is 6.63.